The molecule has 1 amide bonds. The van der Waals surface area contributed by atoms with E-state index in [1.165, 1.54) is 48.5 Å². The standard InChI is InChI=1S/C24H19F2N3O3S/c1-15(31-20-13-9-18(26)10-14-20)23-28-29-24(32-23)33-21(16-5-3-2-4-6-16)22(30)27-19-11-7-17(25)8-12-19/h2-15,21H,1H3,(H,27,30)/t15-,21-/m1/s1. The summed E-state index contributed by atoms with van der Waals surface area (Å²) < 4.78 is 37.7. The summed E-state index contributed by atoms with van der Waals surface area (Å²) in [7, 11) is 0. The number of nitrogens with one attached hydrogen (secondary N) is 1. The van der Waals surface area contributed by atoms with E-state index in [1.807, 2.05) is 30.3 Å². The van der Waals surface area contributed by atoms with E-state index in [1.54, 1.807) is 6.92 Å². The van der Waals surface area contributed by atoms with Crippen LogP contribution in [0.3, 0.4) is 0 Å². The fourth-order valence-electron chi connectivity index (χ4n) is 2.94. The van der Waals surface area contributed by atoms with Gasteiger partial charge in [0.05, 0.1) is 0 Å². The van der Waals surface area contributed by atoms with Crippen LogP contribution in [0.2, 0.25) is 0 Å². The zero-order valence-corrected chi connectivity index (χ0v) is 18.3. The van der Waals surface area contributed by atoms with Crippen LogP contribution in [0, 0.1) is 11.6 Å². The highest BCUT2D eigenvalue weighted by molar-refractivity contribution is 8.00. The van der Waals surface area contributed by atoms with Crippen molar-refractivity contribution in [2.24, 2.45) is 0 Å². The number of carbonyl (C=O) groups is 1. The maximum atomic E-state index is 13.2. The van der Waals surface area contributed by atoms with Gasteiger partial charge in [0.2, 0.25) is 5.91 Å². The average molecular weight is 467 g/mol. The summed E-state index contributed by atoms with van der Waals surface area (Å²) in [5.41, 5.74) is 1.20. The third-order valence-electron chi connectivity index (χ3n) is 4.57. The van der Waals surface area contributed by atoms with Crippen molar-refractivity contribution >= 4 is 23.4 Å². The van der Waals surface area contributed by atoms with E-state index in [0.717, 1.165) is 17.3 Å². The van der Waals surface area contributed by atoms with Gasteiger partial charge in [-0.05, 0) is 72.8 Å². The fourth-order valence-corrected chi connectivity index (χ4v) is 3.82. The molecule has 2 atom stereocenters. The lowest BCUT2D eigenvalue weighted by atomic mass is 10.1. The summed E-state index contributed by atoms with van der Waals surface area (Å²) in [6, 6.07) is 20.2. The first-order valence-electron chi connectivity index (χ1n) is 10.0. The SMILES string of the molecule is C[C@@H](Oc1ccc(F)cc1)c1nnc(S[C@@H](C(=O)Nc2ccc(F)cc2)c2ccccc2)o1. The van der Waals surface area contributed by atoms with Crippen LogP contribution in [0.15, 0.2) is 88.5 Å². The second-order valence-corrected chi connectivity index (χ2v) is 8.08. The molecule has 1 heterocycles. The number of thioether (sulfide) groups is 1. The Morgan fingerprint density at radius 1 is 0.939 bits per heavy atom. The average Bonchev–Trinajstić information content (AvgIpc) is 3.30. The van der Waals surface area contributed by atoms with Crippen LogP contribution >= 0.6 is 11.8 Å². The van der Waals surface area contributed by atoms with Crippen LogP contribution in [-0.2, 0) is 4.79 Å². The zero-order valence-electron chi connectivity index (χ0n) is 17.4. The van der Waals surface area contributed by atoms with E-state index in [4.69, 9.17) is 9.15 Å². The Kier molecular flexibility index (Phi) is 6.99. The molecule has 1 aromatic heterocycles. The van der Waals surface area contributed by atoms with Crippen molar-refractivity contribution in [1.82, 2.24) is 10.2 Å². The lowest BCUT2D eigenvalue weighted by molar-refractivity contribution is -0.115. The predicted molar refractivity (Wildman–Crippen MR) is 120 cm³/mol. The molecule has 0 saturated heterocycles. The van der Waals surface area contributed by atoms with Gasteiger partial charge in [0.15, 0.2) is 6.10 Å². The van der Waals surface area contributed by atoms with Crippen LogP contribution < -0.4 is 10.1 Å². The van der Waals surface area contributed by atoms with Crippen molar-refractivity contribution in [3.05, 3.63) is 102 Å². The van der Waals surface area contributed by atoms with Gasteiger partial charge in [-0.15, -0.1) is 10.2 Å². The van der Waals surface area contributed by atoms with Gasteiger partial charge in [0.25, 0.3) is 11.1 Å². The Labute approximate surface area is 193 Å². The highest BCUT2D eigenvalue weighted by atomic mass is 32.2. The van der Waals surface area contributed by atoms with Crippen molar-refractivity contribution in [3.8, 4) is 5.75 Å². The van der Waals surface area contributed by atoms with E-state index >= 15 is 0 Å². The normalized spacial score (nSPS) is 12.7. The molecule has 168 valence electrons. The molecular weight excluding hydrogens is 448 g/mol. The van der Waals surface area contributed by atoms with Gasteiger partial charge in [-0.25, -0.2) is 8.78 Å². The van der Waals surface area contributed by atoms with Gasteiger partial charge < -0.3 is 14.5 Å². The molecule has 33 heavy (non-hydrogen) atoms. The monoisotopic (exact) mass is 467 g/mol. The minimum absolute atomic E-state index is 0.183. The molecule has 0 saturated carbocycles. The molecular formula is C24H19F2N3O3S. The number of hydrogen-bond acceptors (Lipinski definition) is 6. The molecule has 0 aliphatic rings. The molecule has 0 aliphatic heterocycles. The molecule has 1 N–H and O–H groups in total. The summed E-state index contributed by atoms with van der Waals surface area (Å²) >= 11 is 1.09. The first kappa shape index (κ1) is 22.5. The molecule has 9 heteroatoms. The maximum absolute atomic E-state index is 13.2. The first-order chi connectivity index (χ1) is 16.0. The molecule has 0 spiro atoms. The minimum Gasteiger partial charge on any atom is -0.481 e. The predicted octanol–water partition coefficient (Wildman–Crippen LogP) is 5.96. The maximum Gasteiger partial charge on any atom is 0.277 e. The number of amides is 1. The van der Waals surface area contributed by atoms with E-state index < -0.39 is 17.2 Å². The smallest absolute Gasteiger partial charge is 0.277 e. The van der Waals surface area contributed by atoms with Crippen molar-refractivity contribution < 1.29 is 22.7 Å². The Hall–Kier alpha value is -3.72. The van der Waals surface area contributed by atoms with Crippen LogP contribution in [0.1, 0.15) is 29.7 Å². The molecule has 0 aliphatic carbocycles. The van der Waals surface area contributed by atoms with Crippen LogP contribution in [0.25, 0.3) is 0 Å². The lowest BCUT2D eigenvalue weighted by Crippen LogP contribution is -2.19. The van der Waals surface area contributed by atoms with Crippen molar-refractivity contribution in [3.63, 3.8) is 0 Å². The van der Waals surface area contributed by atoms with Gasteiger partial charge >= 0.3 is 0 Å². The topological polar surface area (TPSA) is 77.2 Å². The van der Waals surface area contributed by atoms with E-state index in [2.05, 4.69) is 15.5 Å². The summed E-state index contributed by atoms with van der Waals surface area (Å²) in [6.45, 7) is 1.72. The van der Waals surface area contributed by atoms with Gasteiger partial charge in [-0.1, -0.05) is 30.3 Å². The first-order valence-corrected chi connectivity index (χ1v) is 10.9. The van der Waals surface area contributed by atoms with E-state index in [0.29, 0.717) is 11.4 Å². The summed E-state index contributed by atoms with van der Waals surface area (Å²) in [4.78, 5) is 13.0. The van der Waals surface area contributed by atoms with E-state index in [-0.39, 0.29) is 22.8 Å². The Bertz CT molecular complexity index is 1200. The number of aromatic nitrogens is 2. The molecule has 0 fully saturated rings. The number of anilines is 1. The van der Waals surface area contributed by atoms with Crippen molar-refractivity contribution in [1.29, 1.82) is 0 Å². The zero-order chi connectivity index (χ0) is 23.2. The summed E-state index contributed by atoms with van der Waals surface area (Å²) in [5.74, 6) is -0.410. The van der Waals surface area contributed by atoms with Crippen molar-refractivity contribution in [2.45, 2.75) is 23.5 Å². The van der Waals surface area contributed by atoms with Gasteiger partial charge in [-0.2, -0.15) is 0 Å². The highest BCUT2D eigenvalue weighted by Gasteiger charge is 2.26. The third-order valence-corrected chi connectivity index (χ3v) is 5.66. The van der Waals surface area contributed by atoms with Crippen molar-refractivity contribution in [2.75, 3.05) is 5.32 Å². The molecule has 6 nitrogen and oxygen atoms in total. The number of halogens is 2. The molecule has 4 aromatic rings. The molecule has 4 rings (SSSR count). The van der Waals surface area contributed by atoms with E-state index in [9.17, 15) is 13.6 Å². The van der Waals surface area contributed by atoms with Crippen LogP contribution in [-0.4, -0.2) is 16.1 Å². The quantitative estimate of drug-likeness (QED) is 0.322. The number of hydrogen-bond donors (Lipinski definition) is 1. The number of benzene rings is 3. The number of rotatable bonds is 8. The molecule has 0 radical (unpaired) electrons. The second kappa shape index (κ2) is 10.3. The van der Waals surface area contributed by atoms with Gasteiger partial charge in [0, 0.05) is 5.69 Å². The number of carbonyl (C=O) groups excluding carboxylic acids is 1. The second-order valence-electron chi connectivity index (χ2n) is 7.02. The molecule has 0 bridgehead atoms. The summed E-state index contributed by atoms with van der Waals surface area (Å²) in [6.07, 6.45) is -0.583. The fraction of sp³-hybridized carbons (Fsp3) is 0.125. The minimum atomic E-state index is -0.696. The molecule has 0 unspecified atom stereocenters. The Balaban J connectivity index is 1.49. The van der Waals surface area contributed by atoms with Crippen LogP contribution in [0.5, 0.6) is 5.75 Å². The Morgan fingerprint density at radius 3 is 2.24 bits per heavy atom. The number of nitrogens with zero attached hydrogens (tertiary/aromatic N) is 2. The van der Waals surface area contributed by atoms with Crippen LogP contribution in [0.4, 0.5) is 14.5 Å². The highest BCUT2D eigenvalue weighted by Crippen LogP contribution is 2.36. The van der Waals surface area contributed by atoms with Gasteiger partial charge in [-0.3, -0.25) is 4.79 Å². The molecule has 3 aromatic carbocycles. The largest absolute Gasteiger partial charge is 0.481 e. The Morgan fingerprint density at radius 2 is 1.58 bits per heavy atom. The lowest BCUT2D eigenvalue weighted by Gasteiger charge is -2.15. The van der Waals surface area contributed by atoms with Gasteiger partial charge in [0.1, 0.15) is 22.6 Å². The number of ether oxygens (including phenoxy) is 1. The third kappa shape index (κ3) is 5.95. The summed E-state index contributed by atoms with van der Waals surface area (Å²) in [5, 5.41) is 10.3.